The summed E-state index contributed by atoms with van der Waals surface area (Å²) < 4.78 is 0. The first-order chi connectivity index (χ1) is 5.27. The van der Waals surface area contributed by atoms with Gasteiger partial charge in [0, 0.05) is 11.4 Å². The molecule has 1 aromatic rings. The summed E-state index contributed by atoms with van der Waals surface area (Å²) in [6.45, 7) is 0.522. The molecule has 0 aliphatic heterocycles. The normalized spacial score (nSPS) is 10.0. The van der Waals surface area contributed by atoms with Gasteiger partial charge in [0.05, 0.1) is 0 Å². The Morgan fingerprint density at radius 3 is 2.82 bits per heavy atom. The molecule has 0 amide bonds. The van der Waals surface area contributed by atoms with Gasteiger partial charge < -0.3 is 10.8 Å². The molecule has 0 atom stereocenters. The van der Waals surface area contributed by atoms with Crippen LogP contribution in [0.15, 0.2) is 23.1 Å². The summed E-state index contributed by atoms with van der Waals surface area (Å²) in [6, 6.07) is 5.41. The van der Waals surface area contributed by atoms with Crippen LogP contribution in [0.3, 0.4) is 0 Å². The molecular weight excluding hydrogens is 158 g/mol. The van der Waals surface area contributed by atoms with Crippen LogP contribution in [-0.2, 0) is 6.54 Å². The Bertz CT molecular complexity index is 250. The van der Waals surface area contributed by atoms with E-state index in [1.807, 2.05) is 18.4 Å². The topological polar surface area (TPSA) is 46.2 Å². The number of thioether (sulfide) groups is 1. The van der Waals surface area contributed by atoms with Gasteiger partial charge in [0.15, 0.2) is 0 Å². The van der Waals surface area contributed by atoms with E-state index in [1.165, 1.54) is 11.8 Å². The van der Waals surface area contributed by atoms with E-state index in [-0.39, 0.29) is 0 Å². The monoisotopic (exact) mass is 169 g/mol. The van der Waals surface area contributed by atoms with Crippen LogP contribution in [0.25, 0.3) is 0 Å². The summed E-state index contributed by atoms with van der Waals surface area (Å²) in [4.78, 5) is 0.882. The van der Waals surface area contributed by atoms with Crippen LogP contribution in [0.4, 0.5) is 0 Å². The van der Waals surface area contributed by atoms with Gasteiger partial charge in [0.25, 0.3) is 0 Å². The van der Waals surface area contributed by atoms with Crippen LogP contribution >= 0.6 is 11.8 Å². The van der Waals surface area contributed by atoms with Gasteiger partial charge >= 0.3 is 0 Å². The predicted molar refractivity (Wildman–Crippen MR) is 47.8 cm³/mol. The Kier molecular flexibility index (Phi) is 2.79. The van der Waals surface area contributed by atoms with Crippen molar-refractivity contribution in [2.24, 2.45) is 5.73 Å². The maximum atomic E-state index is 9.27. The van der Waals surface area contributed by atoms with Crippen LogP contribution < -0.4 is 5.73 Å². The van der Waals surface area contributed by atoms with E-state index in [2.05, 4.69) is 0 Å². The number of phenols is 1. The van der Waals surface area contributed by atoms with Gasteiger partial charge in [0.2, 0.25) is 0 Å². The van der Waals surface area contributed by atoms with Crippen molar-refractivity contribution >= 4 is 11.8 Å². The Labute approximate surface area is 70.4 Å². The quantitative estimate of drug-likeness (QED) is 0.661. The fourth-order valence-electron chi connectivity index (χ4n) is 0.849. The van der Waals surface area contributed by atoms with E-state index in [0.29, 0.717) is 12.3 Å². The summed E-state index contributed by atoms with van der Waals surface area (Å²) in [7, 11) is 0. The van der Waals surface area contributed by atoms with Gasteiger partial charge in [0.1, 0.15) is 5.75 Å². The highest BCUT2D eigenvalue weighted by molar-refractivity contribution is 7.98. The molecule has 3 N–H and O–H groups in total. The van der Waals surface area contributed by atoms with E-state index in [0.717, 1.165) is 10.5 Å². The van der Waals surface area contributed by atoms with Crippen molar-refractivity contribution in [3.8, 4) is 5.75 Å². The molecule has 0 saturated heterocycles. The molecule has 1 rings (SSSR count). The molecule has 0 aromatic heterocycles. The van der Waals surface area contributed by atoms with Crippen molar-refractivity contribution in [2.45, 2.75) is 11.4 Å². The van der Waals surface area contributed by atoms with Crippen molar-refractivity contribution in [3.63, 3.8) is 0 Å². The van der Waals surface area contributed by atoms with Gasteiger partial charge in [-0.3, -0.25) is 0 Å². The SMILES string of the molecule is CSc1cc(CN)ccc1O. The van der Waals surface area contributed by atoms with Crippen molar-refractivity contribution in [1.82, 2.24) is 0 Å². The number of benzene rings is 1. The molecule has 0 spiro atoms. The van der Waals surface area contributed by atoms with Crippen LogP contribution in [0.1, 0.15) is 5.56 Å². The second-order valence-electron chi connectivity index (χ2n) is 2.21. The lowest BCUT2D eigenvalue weighted by Gasteiger charge is -2.02. The third-order valence-corrected chi connectivity index (χ3v) is 2.25. The van der Waals surface area contributed by atoms with Crippen LogP contribution in [0.2, 0.25) is 0 Å². The minimum Gasteiger partial charge on any atom is -0.507 e. The summed E-state index contributed by atoms with van der Waals surface area (Å²) in [6.07, 6.45) is 1.93. The number of hydrogen-bond donors (Lipinski definition) is 2. The van der Waals surface area contributed by atoms with Crippen molar-refractivity contribution in [3.05, 3.63) is 23.8 Å². The minimum atomic E-state index is 0.328. The summed E-state index contributed by atoms with van der Waals surface area (Å²) in [5.41, 5.74) is 6.48. The molecule has 0 unspecified atom stereocenters. The Morgan fingerprint density at radius 1 is 1.55 bits per heavy atom. The zero-order valence-electron chi connectivity index (χ0n) is 6.37. The lowest BCUT2D eigenvalue weighted by atomic mass is 10.2. The van der Waals surface area contributed by atoms with E-state index >= 15 is 0 Å². The number of phenolic OH excluding ortho intramolecular Hbond substituents is 1. The largest absolute Gasteiger partial charge is 0.507 e. The average Bonchev–Trinajstić information content (AvgIpc) is 2.05. The number of hydrogen-bond acceptors (Lipinski definition) is 3. The minimum absolute atomic E-state index is 0.328. The Balaban J connectivity index is 3.02. The number of nitrogens with two attached hydrogens (primary N) is 1. The fraction of sp³-hybridized carbons (Fsp3) is 0.250. The highest BCUT2D eigenvalue weighted by Gasteiger charge is 1.99. The van der Waals surface area contributed by atoms with Crippen LogP contribution in [0.5, 0.6) is 5.75 Å². The molecular formula is C8H11NOS. The van der Waals surface area contributed by atoms with Crippen molar-refractivity contribution < 1.29 is 5.11 Å². The molecule has 0 radical (unpaired) electrons. The highest BCUT2D eigenvalue weighted by atomic mass is 32.2. The van der Waals surface area contributed by atoms with Gasteiger partial charge in [-0.05, 0) is 24.0 Å². The second-order valence-corrected chi connectivity index (χ2v) is 3.06. The van der Waals surface area contributed by atoms with E-state index in [4.69, 9.17) is 5.73 Å². The predicted octanol–water partition coefficient (Wildman–Crippen LogP) is 1.57. The lowest BCUT2D eigenvalue weighted by Crippen LogP contribution is -1.95. The lowest BCUT2D eigenvalue weighted by molar-refractivity contribution is 0.462. The van der Waals surface area contributed by atoms with Gasteiger partial charge in [-0.15, -0.1) is 11.8 Å². The van der Waals surface area contributed by atoms with Gasteiger partial charge in [-0.2, -0.15) is 0 Å². The van der Waals surface area contributed by atoms with E-state index < -0.39 is 0 Å². The molecule has 2 nitrogen and oxygen atoms in total. The first kappa shape index (κ1) is 8.43. The molecule has 0 fully saturated rings. The first-order valence-corrected chi connectivity index (χ1v) is 4.56. The van der Waals surface area contributed by atoms with Crippen LogP contribution in [0, 0.1) is 0 Å². The molecule has 0 aliphatic carbocycles. The maximum Gasteiger partial charge on any atom is 0.129 e. The van der Waals surface area contributed by atoms with Crippen molar-refractivity contribution in [1.29, 1.82) is 0 Å². The first-order valence-electron chi connectivity index (χ1n) is 3.34. The third-order valence-electron chi connectivity index (χ3n) is 1.48. The standard InChI is InChI=1S/C8H11NOS/c1-11-8-4-6(5-9)2-3-7(8)10/h2-4,10H,5,9H2,1H3. The fourth-order valence-corrected chi connectivity index (χ4v) is 1.40. The van der Waals surface area contributed by atoms with E-state index in [9.17, 15) is 5.11 Å². The summed E-state index contributed by atoms with van der Waals surface area (Å²) in [5, 5.41) is 9.27. The van der Waals surface area contributed by atoms with Gasteiger partial charge in [-0.25, -0.2) is 0 Å². The molecule has 3 heteroatoms. The van der Waals surface area contributed by atoms with Crippen molar-refractivity contribution in [2.75, 3.05) is 6.26 Å². The molecule has 0 aliphatic rings. The summed E-state index contributed by atoms with van der Waals surface area (Å²) in [5.74, 6) is 0.328. The highest BCUT2D eigenvalue weighted by Crippen LogP contribution is 2.26. The van der Waals surface area contributed by atoms with Gasteiger partial charge in [-0.1, -0.05) is 6.07 Å². The average molecular weight is 169 g/mol. The molecule has 0 bridgehead atoms. The van der Waals surface area contributed by atoms with E-state index in [1.54, 1.807) is 6.07 Å². The molecule has 0 heterocycles. The third kappa shape index (κ3) is 1.88. The second kappa shape index (κ2) is 3.64. The molecule has 60 valence electrons. The maximum absolute atomic E-state index is 9.27. The Morgan fingerprint density at radius 2 is 2.27 bits per heavy atom. The zero-order chi connectivity index (χ0) is 8.27. The molecule has 1 aromatic carbocycles. The number of aromatic hydroxyl groups is 1. The molecule has 11 heavy (non-hydrogen) atoms. The summed E-state index contributed by atoms with van der Waals surface area (Å²) >= 11 is 1.52. The van der Waals surface area contributed by atoms with Crippen LogP contribution in [-0.4, -0.2) is 11.4 Å². The zero-order valence-corrected chi connectivity index (χ0v) is 7.19. The smallest absolute Gasteiger partial charge is 0.129 e. The number of rotatable bonds is 2. The molecule has 0 saturated carbocycles. The Hall–Kier alpha value is -0.670.